The van der Waals surface area contributed by atoms with Gasteiger partial charge in [-0.15, -0.1) is 0 Å². The summed E-state index contributed by atoms with van der Waals surface area (Å²) in [5, 5.41) is 3.44. The van der Waals surface area contributed by atoms with Crippen molar-refractivity contribution in [2.24, 2.45) is 0 Å². The van der Waals surface area contributed by atoms with E-state index in [4.69, 9.17) is 21.1 Å². The fourth-order valence-electron chi connectivity index (χ4n) is 3.05. The van der Waals surface area contributed by atoms with Gasteiger partial charge in [-0.2, -0.15) is 0 Å². The van der Waals surface area contributed by atoms with Crippen LogP contribution in [0.5, 0.6) is 11.5 Å². The summed E-state index contributed by atoms with van der Waals surface area (Å²) in [4.78, 5) is 12.4. The number of carbonyl (C=O) groups is 1. The van der Waals surface area contributed by atoms with E-state index in [9.17, 15) is 13.2 Å². The third kappa shape index (κ3) is 6.53. The minimum Gasteiger partial charge on any atom is -0.497 e. The molecule has 2 aromatic rings. The lowest BCUT2D eigenvalue weighted by molar-refractivity contribution is -0.121. The lowest BCUT2D eigenvalue weighted by Gasteiger charge is -2.23. The van der Waals surface area contributed by atoms with Crippen molar-refractivity contribution in [1.29, 1.82) is 0 Å². The van der Waals surface area contributed by atoms with Crippen molar-refractivity contribution in [3.8, 4) is 11.5 Å². The molecule has 0 aromatic heterocycles. The highest BCUT2D eigenvalue weighted by Gasteiger charge is 2.19. The lowest BCUT2D eigenvalue weighted by atomic mass is 10.1. The molecule has 1 unspecified atom stereocenters. The summed E-state index contributed by atoms with van der Waals surface area (Å²) in [6.45, 7) is 2.04. The van der Waals surface area contributed by atoms with Crippen LogP contribution in [0.15, 0.2) is 42.5 Å². The van der Waals surface area contributed by atoms with E-state index in [-0.39, 0.29) is 24.9 Å². The van der Waals surface area contributed by atoms with Crippen molar-refractivity contribution in [3.05, 3.63) is 53.1 Å². The van der Waals surface area contributed by atoms with Gasteiger partial charge < -0.3 is 14.8 Å². The maximum atomic E-state index is 12.4. The number of anilines is 1. The summed E-state index contributed by atoms with van der Waals surface area (Å²) in [6.07, 6.45) is 1.68. The molecule has 0 saturated heterocycles. The molecule has 30 heavy (non-hydrogen) atoms. The molecule has 0 aliphatic heterocycles. The van der Waals surface area contributed by atoms with Gasteiger partial charge in [-0.05, 0) is 55.8 Å². The van der Waals surface area contributed by atoms with Crippen LogP contribution in [-0.4, -0.2) is 41.3 Å². The molecule has 9 heteroatoms. The first-order chi connectivity index (χ1) is 14.2. The minimum atomic E-state index is -3.48. The Morgan fingerprint density at radius 3 is 2.37 bits per heavy atom. The van der Waals surface area contributed by atoms with Gasteiger partial charge in [0.25, 0.3) is 0 Å². The highest BCUT2D eigenvalue weighted by atomic mass is 35.5. The van der Waals surface area contributed by atoms with Crippen LogP contribution in [0.25, 0.3) is 0 Å². The summed E-state index contributed by atoms with van der Waals surface area (Å²) in [6, 6.07) is 11.6. The zero-order valence-electron chi connectivity index (χ0n) is 17.5. The average Bonchev–Trinajstić information content (AvgIpc) is 2.70. The molecule has 0 spiro atoms. The first-order valence-corrected chi connectivity index (χ1v) is 11.6. The van der Waals surface area contributed by atoms with Crippen LogP contribution < -0.4 is 19.1 Å². The molecule has 0 heterocycles. The molecule has 0 bridgehead atoms. The number of sulfonamides is 1. The van der Waals surface area contributed by atoms with Gasteiger partial charge in [-0.3, -0.25) is 9.10 Å². The van der Waals surface area contributed by atoms with Crippen molar-refractivity contribution < 1.29 is 22.7 Å². The number of nitrogens with one attached hydrogen (secondary N) is 1. The molecular weight excluding hydrogens is 428 g/mol. The van der Waals surface area contributed by atoms with Gasteiger partial charge >= 0.3 is 0 Å². The number of nitrogens with zero attached hydrogens (tertiary/aromatic N) is 1. The molecule has 164 valence electrons. The van der Waals surface area contributed by atoms with Crippen LogP contribution >= 0.6 is 11.6 Å². The summed E-state index contributed by atoms with van der Waals surface area (Å²) in [5.74, 6) is 1.13. The predicted molar refractivity (Wildman–Crippen MR) is 119 cm³/mol. The smallest absolute Gasteiger partial charge is 0.232 e. The molecular formula is C21H27ClN2O5S. The molecule has 2 aromatic carbocycles. The molecule has 0 fully saturated rings. The normalized spacial score (nSPS) is 12.2. The van der Waals surface area contributed by atoms with Crippen LogP contribution in [-0.2, 0) is 14.8 Å². The number of methoxy groups -OCH3 is 2. The van der Waals surface area contributed by atoms with Gasteiger partial charge in [-0.25, -0.2) is 8.42 Å². The fraction of sp³-hybridized carbons (Fsp3) is 0.381. The number of hydrogen-bond acceptors (Lipinski definition) is 5. The molecule has 2 rings (SSSR count). The molecule has 1 amide bonds. The van der Waals surface area contributed by atoms with E-state index in [2.05, 4.69) is 5.32 Å². The molecule has 0 aliphatic carbocycles. The second-order valence-corrected chi connectivity index (χ2v) is 9.16. The number of benzene rings is 2. The van der Waals surface area contributed by atoms with E-state index < -0.39 is 10.0 Å². The molecule has 1 atom stereocenters. The fourth-order valence-corrected chi connectivity index (χ4v) is 4.14. The number of carbonyl (C=O) groups excluding carboxylic acids is 1. The highest BCUT2D eigenvalue weighted by Crippen LogP contribution is 2.29. The summed E-state index contributed by atoms with van der Waals surface area (Å²) < 4.78 is 36.2. The SMILES string of the molecule is COc1ccc(OC)c(C(C)NC(=O)CCCN(c2ccc(Cl)cc2)S(C)(=O)=O)c1. The Labute approximate surface area is 183 Å². The zero-order valence-corrected chi connectivity index (χ0v) is 19.1. The van der Waals surface area contributed by atoms with Gasteiger partial charge in [0.15, 0.2) is 0 Å². The zero-order chi connectivity index (χ0) is 22.3. The Kier molecular flexibility index (Phi) is 8.37. The topological polar surface area (TPSA) is 84.9 Å². The Morgan fingerprint density at radius 2 is 1.80 bits per heavy atom. The maximum Gasteiger partial charge on any atom is 0.232 e. The van der Waals surface area contributed by atoms with Crippen LogP contribution in [0, 0.1) is 0 Å². The van der Waals surface area contributed by atoms with Crippen molar-refractivity contribution in [3.63, 3.8) is 0 Å². The lowest BCUT2D eigenvalue weighted by Crippen LogP contribution is -2.32. The number of hydrogen-bond donors (Lipinski definition) is 1. The molecule has 0 saturated carbocycles. The van der Waals surface area contributed by atoms with Crippen molar-refractivity contribution in [1.82, 2.24) is 5.32 Å². The number of ether oxygens (including phenoxy) is 2. The largest absolute Gasteiger partial charge is 0.497 e. The minimum absolute atomic E-state index is 0.177. The van der Waals surface area contributed by atoms with Crippen LogP contribution in [0.1, 0.15) is 31.4 Å². The van der Waals surface area contributed by atoms with Gasteiger partial charge in [0, 0.05) is 23.6 Å². The third-order valence-electron chi connectivity index (χ3n) is 4.56. The Morgan fingerprint density at radius 1 is 1.13 bits per heavy atom. The first kappa shape index (κ1) is 23.8. The second-order valence-electron chi connectivity index (χ2n) is 6.81. The second kappa shape index (κ2) is 10.5. The Bertz CT molecular complexity index is 964. The van der Waals surface area contributed by atoms with Gasteiger partial charge in [-0.1, -0.05) is 11.6 Å². The van der Waals surface area contributed by atoms with Crippen molar-refractivity contribution in [2.45, 2.75) is 25.8 Å². The quantitative estimate of drug-likeness (QED) is 0.590. The Balaban J connectivity index is 1.99. The van der Waals surface area contributed by atoms with Crippen molar-refractivity contribution >= 4 is 33.2 Å². The first-order valence-electron chi connectivity index (χ1n) is 9.40. The van der Waals surface area contributed by atoms with Crippen LogP contribution in [0.3, 0.4) is 0 Å². The van der Waals surface area contributed by atoms with Gasteiger partial charge in [0.2, 0.25) is 15.9 Å². The summed E-state index contributed by atoms with van der Waals surface area (Å²) in [7, 11) is -0.345. The van der Waals surface area contributed by atoms with E-state index in [1.54, 1.807) is 50.6 Å². The Hall–Kier alpha value is -2.45. The van der Waals surface area contributed by atoms with Crippen LogP contribution in [0.4, 0.5) is 5.69 Å². The monoisotopic (exact) mass is 454 g/mol. The summed E-state index contributed by atoms with van der Waals surface area (Å²) >= 11 is 5.88. The van der Waals surface area contributed by atoms with Crippen LogP contribution in [0.2, 0.25) is 5.02 Å². The third-order valence-corrected chi connectivity index (χ3v) is 6.01. The highest BCUT2D eigenvalue weighted by molar-refractivity contribution is 7.92. The standard InChI is InChI=1S/C21H27ClN2O5S/c1-15(19-14-18(28-2)11-12-20(19)29-3)23-21(25)6-5-13-24(30(4,26)27)17-9-7-16(22)8-10-17/h7-12,14-15H,5-6,13H2,1-4H3,(H,23,25). The molecule has 0 aliphatic rings. The molecule has 0 radical (unpaired) electrons. The molecule has 1 N–H and O–H groups in total. The van der Waals surface area contributed by atoms with E-state index >= 15 is 0 Å². The van der Waals surface area contributed by atoms with E-state index in [0.29, 0.717) is 28.6 Å². The number of amides is 1. The van der Waals surface area contributed by atoms with E-state index in [1.807, 2.05) is 13.0 Å². The van der Waals surface area contributed by atoms with E-state index in [0.717, 1.165) is 11.8 Å². The van der Waals surface area contributed by atoms with E-state index in [1.165, 1.54) is 4.31 Å². The number of rotatable bonds is 10. The maximum absolute atomic E-state index is 12.4. The summed E-state index contributed by atoms with van der Waals surface area (Å²) in [5.41, 5.74) is 1.31. The van der Waals surface area contributed by atoms with Gasteiger partial charge in [0.1, 0.15) is 11.5 Å². The average molecular weight is 455 g/mol. The molecule has 7 nitrogen and oxygen atoms in total. The predicted octanol–water partition coefficient (Wildman–Crippen LogP) is 3.78. The number of halogens is 1. The van der Waals surface area contributed by atoms with Gasteiger partial charge in [0.05, 0.1) is 32.2 Å². The van der Waals surface area contributed by atoms with Crippen molar-refractivity contribution in [2.75, 3.05) is 31.3 Å².